The van der Waals surface area contributed by atoms with E-state index in [1.54, 1.807) is 0 Å². The molecule has 2 rings (SSSR count). The molecule has 0 saturated carbocycles. The number of hydrogen-bond acceptors (Lipinski definition) is 3. The summed E-state index contributed by atoms with van der Waals surface area (Å²) < 4.78 is 6.88. The molecule has 1 aromatic carbocycles. The van der Waals surface area contributed by atoms with Gasteiger partial charge in [-0.2, -0.15) is 0 Å². The predicted octanol–water partition coefficient (Wildman–Crippen LogP) is 4.02. The first-order valence-corrected chi connectivity index (χ1v) is 6.91. The molecule has 2 N–H and O–H groups in total. The molecule has 0 unspecified atom stereocenters. The fraction of sp³-hybridized carbons (Fsp3) is 0.267. The summed E-state index contributed by atoms with van der Waals surface area (Å²) in [5.41, 5.74) is 9.83. The van der Waals surface area contributed by atoms with Crippen molar-refractivity contribution < 1.29 is 4.74 Å². The Morgan fingerprint density at radius 3 is 2.32 bits per heavy atom. The van der Waals surface area contributed by atoms with Gasteiger partial charge in [-0.3, -0.25) is 0 Å². The first kappa shape index (κ1) is 14.0. The van der Waals surface area contributed by atoms with Crippen LogP contribution in [-0.2, 0) is 6.54 Å². The second-order valence-corrected chi connectivity index (χ2v) is 5.44. The van der Waals surface area contributed by atoms with Gasteiger partial charge >= 0.3 is 0 Å². The van der Waals surface area contributed by atoms with Gasteiger partial charge in [-0.25, -0.2) is 4.98 Å². The van der Waals surface area contributed by atoms with Gasteiger partial charge in [0.25, 0.3) is 0 Å². The number of nitrogens with two attached hydrogens (primary N) is 1. The Labute approximate surface area is 121 Å². The smallest absolute Gasteiger partial charge is 0.219 e. The van der Waals surface area contributed by atoms with Crippen molar-refractivity contribution in [3.05, 3.63) is 51.1 Å². The summed E-state index contributed by atoms with van der Waals surface area (Å²) in [6.07, 6.45) is 0. The fourth-order valence-electron chi connectivity index (χ4n) is 2.00. The zero-order valence-electron chi connectivity index (χ0n) is 11.3. The van der Waals surface area contributed by atoms with Crippen molar-refractivity contribution in [1.29, 1.82) is 0 Å². The number of benzene rings is 1. The van der Waals surface area contributed by atoms with Crippen LogP contribution < -0.4 is 10.5 Å². The molecular weight excluding hydrogens is 304 g/mol. The number of halogens is 1. The average Bonchev–Trinajstić information content (AvgIpc) is 2.37. The lowest BCUT2D eigenvalue weighted by Gasteiger charge is -2.13. The molecule has 0 bridgehead atoms. The Kier molecular flexibility index (Phi) is 4.22. The summed E-state index contributed by atoms with van der Waals surface area (Å²) >= 11 is 3.43. The standard InChI is InChI=1S/C15H17BrN2O/c1-9-6-12(8-17)7-10(2)15(9)19-14-5-4-13(16)11(3)18-14/h4-7H,8,17H2,1-3H3. The maximum Gasteiger partial charge on any atom is 0.219 e. The van der Waals surface area contributed by atoms with Gasteiger partial charge in [0, 0.05) is 17.1 Å². The molecule has 0 spiro atoms. The highest BCUT2D eigenvalue weighted by Gasteiger charge is 2.09. The van der Waals surface area contributed by atoms with Crippen molar-refractivity contribution in [3.63, 3.8) is 0 Å². The van der Waals surface area contributed by atoms with Gasteiger partial charge in [0.15, 0.2) is 0 Å². The van der Waals surface area contributed by atoms with E-state index in [1.807, 2.05) is 45.0 Å². The molecular formula is C15H17BrN2O. The third-order valence-electron chi connectivity index (χ3n) is 2.96. The maximum absolute atomic E-state index is 5.90. The van der Waals surface area contributed by atoms with E-state index in [1.165, 1.54) is 0 Å². The second kappa shape index (κ2) is 5.72. The van der Waals surface area contributed by atoms with Gasteiger partial charge in [-0.15, -0.1) is 0 Å². The van der Waals surface area contributed by atoms with Gasteiger partial charge in [0.05, 0.1) is 5.69 Å². The molecule has 0 aliphatic carbocycles. The van der Waals surface area contributed by atoms with Crippen molar-refractivity contribution in [2.24, 2.45) is 5.73 Å². The highest BCUT2D eigenvalue weighted by molar-refractivity contribution is 9.10. The van der Waals surface area contributed by atoms with Crippen LogP contribution in [0.25, 0.3) is 0 Å². The van der Waals surface area contributed by atoms with E-state index in [9.17, 15) is 0 Å². The first-order valence-electron chi connectivity index (χ1n) is 6.12. The number of ether oxygens (including phenoxy) is 1. The van der Waals surface area contributed by atoms with Crippen molar-refractivity contribution in [2.75, 3.05) is 0 Å². The molecule has 1 aromatic heterocycles. The van der Waals surface area contributed by atoms with Gasteiger partial charge in [0.1, 0.15) is 5.75 Å². The van der Waals surface area contributed by atoms with Crippen LogP contribution in [0.15, 0.2) is 28.7 Å². The van der Waals surface area contributed by atoms with Crippen LogP contribution in [-0.4, -0.2) is 4.98 Å². The zero-order chi connectivity index (χ0) is 14.0. The highest BCUT2D eigenvalue weighted by Crippen LogP contribution is 2.29. The number of aromatic nitrogens is 1. The summed E-state index contributed by atoms with van der Waals surface area (Å²) in [4.78, 5) is 4.40. The van der Waals surface area contributed by atoms with Crippen molar-refractivity contribution in [3.8, 4) is 11.6 Å². The molecule has 0 saturated heterocycles. The zero-order valence-corrected chi connectivity index (χ0v) is 12.9. The van der Waals surface area contributed by atoms with Crippen molar-refractivity contribution in [2.45, 2.75) is 27.3 Å². The largest absolute Gasteiger partial charge is 0.438 e. The Bertz CT molecular complexity index is 588. The minimum absolute atomic E-state index is 0.539. The van der Waals surface area contributed by atoms with Crippen LogP contribution >= 0.6 is 15.9 Å². The van der Waals surface area contributed by atoms with Crippen molar-refractivity contribution in [1.82, 2.24) is 4.98 Å². The molecule has 100 valence electrons. The summed E-state index contributed by atoms with van der Waals surface area (Å²) in [6, 6.07) is 7.89. The molecule has 0 radical (unpaired) electrons. The molecule has 0 atom stereocenters. The molecule has 2 aromatic rings. The van der Waals surface area contributed by atoms with Crippen LogP contribution in [0.1, 0.15) is 22.4 Å². The number of hydrogen-bond donors (Lipinski definition) is 1. The summed E-state index contributed by atoms with van der Waals surface area (Å²) in [5, 5.41) is 0. The fourth-order valence-corrected chi connectivity index (χ4v) is 2.22. The Morgan fingerprint density at radius 2 is 1.79 bits per heavy atom. The highest BCUT2D eigenvalue weighted by atomic mass is 79.9. The van der Waals surface area contributed by atoms with Crippen molar-refractivity contribution >= 4 is 15.9 Å². The molecule has 4 heteroatoms. The van der Waals surface area contributed by atoms with E-state index in [4.69, 9.17) is 10.5 Å². The molecule has 0 aliphatic rings. The van der Waals surface area contributed by atoms with E-state index < -0.39 is 0 Å². The summed E-state index contributed by atoms with van der Waals surface area (Å²) in [6.45, 7) is 6.52. The van der Waals surface area contributed by atoms with E-state index in [0.29, 0.717) is 12.4 Å². The van der Waals surface area contributed by atoms with E-state index in [-0.39, 0.29) is 0 Å². The number of pyridine rings is 1. The van der Waals surface area contributed by atoms with Crippen LogP contribution in [0.3, 0.4) is 0 Å². The summed E-state index contributed by atoms with van der Waals surface area (Å²) in [5.74, 6) is 1.46. The topological polar surface area (TPSA) is 48.1 Å². The Balaban J connectivity index is 2.35. The average molecular weight is 321 g/mol. The van der Waals surface area contributed by atoms with Gasteiger partial charge < -0.3 is 10.5 Å². The van der Waals surface area contributed by atoms with Crippen LogP contribution in [0, 0.1) is 20.8 Å². The Morgan fingerprint density at radius 1 is 1.16 bits per heavy atom. The lowest BCUT2D eigenvalue weighted by Crippen LogP contribution is -2.00. The Hall–Kier alpha value is -1.39. The monoisotopic (exact) mass is 320 g/mol. The molecule has 1 heterocycles. The lowest BCUT2D eigenvalue weighted by atomic mass is 10.1. The van der Waals surface area contributed by atoms with E-state index >= 15 is 0 Å². The predicted molar refractivity (Wildman–Crippen MR) is 80.6 cm³/mol. The number of rotatable bonds is 3. The minimum atomic E-state index is 0.539. The van der Waals surface area contributed by atoms with Gasteiger partial charge in [-0.05, 0) is 59.5 Å². The minimum Gasteiger partial charge on any atom is -0.438 e. The molecule has 0 aliphatic heterocycles. The SMILES string of the molecule is Cc1cc(CN)cc(C)c1Oc1ccc(Br)c(C)n1. The molecule has 3 nitrogen and oxygen atoms in total. The quantitative estimate of drug-likeness (QED) is 0.929. The normalized spacial score (nSPS) is 10.6. The molecule has 0 fully saturated rings. The van der Waals surface area contributed by atoms with E-state index in [2.05, 4.69) is 20.9 Å². The molecule has 19 heavy (non-hydrogen) atoms. The lowest BCUT2D eigenvalue weighted by molar-refractivity contribution is 0.454. The maximum atomic E-state index is 5.90. The second-order valence-electron chi connectivity index (χ2n) is 4.58. The van der Waals surface area contributed by atoms with Crippen LogP contribution in [0.5, 0.6) is 11.6 Å². The first-order chi connectivity index (χ1) is 9.01. The summed E-state index contributed by atoms with van der Waals surface area (Å²) in [7, 11) is 0. The number of aryl methyl sites for hydroxylation is 3. The third-order valence-corrected chi connectivity index (χ3v) is 3.80. The van der Waals surface area contributed by atoms with Gasteiger partial charge in [-0.1, -0.05) is 12.1 Å². The van der Waals surface area contributed by atoms with Crippen LogP contribution in [0.4, 0.5) is 0 Å². The van der Waals surface area contributed by atoms with Crippen LogP contribution in [0.2, 0.25) is 0 Å². The number of nitrogens with zero attached hydrogens (tertiary/aromatic N) is 1. The third kappa shape index (κ3) is 3.14. The van der Waals surface area contributed by atoms with E-state index in [0.717, 1.165) is 32.6 Å². The van der Waals surface area contributed by atoms with Gasteiger partial charge in [0.2, 0.25) is 5.88 Å². The molecule has 0 amide bonds.